The molecule has 0 spiro atoms. The number of hydrogen-bond acceptors (Lipinski definition) is 4. The predicted octanol–water partition coefficient (Wildman–Crippen LogP) is 4.11. The van der Waals surface area contributed by atoms with E-state index in [0.29, 0.717) is 26.3 Å². The summed E-state index contributed by atoms with van der Waals surface area (Å²) in [6.07, 6.45) is 5.47. The summed E-state index contributed by atoms with van der Waals surface area (Å²) in [5.74, 6) is 2.24. The number of anilines is 1. The number of halogens is 2. The Hall–Kier alpha value is -2.79. The summed E-state index contributed by atoms with van der Waals surface area (Å²) in [6, 6.07) is 10.1. The lowest BCUT2D eigenvalue weighted by atomic mass is 10.3. The molecule has 0 saturated heterocycles. The van der Waals surface area contributed by atoms with Crippen molar-refractivity contribution in [2.24, 2.45) is 4.99 Å². The minimum absolute atomic E-state index is 0.171. The van der Waals surface area contributed by atoms with E-state index in [4.69, 9.17) is 34.4 Å². The van der Waals surface area contributed by atoms with E-state index in [0.717, 1.165) is 10.2 Å². The van der Waals surface area contributed by atoms with Gasteiger partial charge in [-0.05, 0) is 36.4 Å². The van der Waals surface area contributed by atoms with Gasteiger partial charge in [0.15, 0.2) is 11.4 Å². The largest absolute Gasteiger partial charge is 0.482 e. The molecule has 0 radical (unpaired) electrons. The molecule has 6 nitrogen and oxygen atoms in total. The van der Waals surface area contributed by atoms with Crippen LogP contribution in [0.15, 0.2) is 41.4 Å². The Morgan fingerprint density at radius 1 is 1.28 bits per heavy atom. The second kappa shape index (κ2) is 9.14. The highest BCUT2D eigenvalue weighted by atomic mass is 35.5. The maximum atomic E-state index is 12.3. The molecule has 0 aliphatic rings. The van der Waals surface area contributed by atoms with E-state index >= 15 is 0 Å². The van der Waals surface area contributed by atoms with E-state index in [2.05, 4.69) is 16.2 Å². The summed E-state index contributed by atoms with van der Waals surface area (Å²) in [5, 5.41) is 3.50. The molecule has 0 bridgehead atoms. The number of rotatable bonds is 5. The van der Waals surface area contributed by atoms with Crippen molar-refractivity contribution < 1.29 is 14.3 Å². The fraction of sp³-hybridized carbons (Fsp3) is 0.150. The first-order valence-corrected chi connectivity index (χ1v) is 9.94. The van der Waals surface area contributed by atoms with E-state index in [9.17, 15) is 9.59 Å². The zero-order chi connectivity index (χ0) is 21.0. The highest BCUT2D eigenvalue weighted by molar-refractivity contribution is 7.16. The van der Waals surface area contributed by atoms with E-state index < -0.39 is 5.91 Å². The van der Waals surface area contributed by atoms with Crippen molar-refractivity contribution in [1.29, 1.82) is 0 Å². The number of carbonyl (C=O) groups excluding carboxylic acids is 2. The molecule has 1 N–H and O–H groups in total. The molecule has 3 aromatic rings. The summed E-state index contributed by atoms with van der Waals surface area (Å²) in [6.45, 7) is 1.39. The van der Waals surface area contributed by atoms with Gasteiger partial charge in [0.2, 0.25) is 5.91 Å². The molecule has 1 heterocycles. The Labute approximate surface area is 180 Å². The van der Waals surface area contributed by atoms with Crippen LogP contribution in [0.1, 0.15) is 6.92 Å². The summed E-state index contributed by atoms with van der Waals surface area (Å²) >= 11 is 13.2. The average Bonchev–Trinajstić information content (AvgIpc) is 2.97. The van der Waals surface area contributed by atoms with Crippen LogP contribution in [0.4, 0.5) is 5.69 Å². The normalized spacial score (nSPS) is 11.3. The van der Waals surface area contributed by atoms with Gasteiger partial charge >= 0.3 is 0 Å². The van der Waals surface area contributed by atoms with Gasteiger partial charge in [-0.25, -0.2) is 0 Å². The first-order valence-electron chi connectivity index (χ1n) is 8.37. The number of benzene rings is 2. The van der Waals surface area contributed by atoms with Crippen molar-refractivity contribution in [2.45, 2.75) is 13.5 Å². The Morgan fingerprint density at radius 3 is 2.76 bits per heavy atom. The smallest absolute Gasteiger partial charge is 0.286 e. The zero-order valence-corrected chi connectivity index (χ0v) is 17.6. The van der Waals surface area contributed by atoms with Crippen molar-refractivity contribution in [3.63, 3.8) is 0 Å². The van der Waals surface area contributed by atoms with Gasteiger partial charge in [-0.1, -0.05) is 40.5 Å². The highest BCUT2D eigenvalue weighted by Gasteiger charge is 2.10. The van der Waals surface area contributed by atoms with Crippen LogP contribution < -0.4 is 14.9 Å². The molecule has 9 heteroatoms. The second-order valence-corrected chi connectivity index (χ2v) is 7.76. The Morgan fingerprint density at radius 2 is 2.07 bits per heavy atom. The van der Waals surface area contributed by atoms with E-state index in [-0.39, 0.29) is 19.1 Å². The SMILES string of the molecule is C#CCn1c(=NC(=O)COc2ccc(Cl)cc2Cl)sc2cc(NC(C)=O)ccc21. The summed E-state index contributed by atoms with van der Waals surface area (Å²) in [4.78, 5) is 28.2. The lowest BCUT2D eigenvalue weighted by Gasteiger charge is -2.05. The molecule has 3 rings (SSSR count). The van der Waals surface area contributed by atoms with Crippen LogP contribution in [0, 0.1) is 12.3 Å². The number of aromatic nitrogens is 1. The van der Waals surface area contributed by atoms with Crippen molar-refractivity contribution in [1.82, 2.24) is 4.57 Å². The molecular weight excluding hydrogens is 433 g/mol. The third kappa shape index (κ3) is 5.18. The number of ether oxygens (including phenoxy) is 1. The number of fused-ring (bicyclic) bond motifs is 1. The number of nitrogens with zero attached hydrogens (tertiary/aromatic N) is 2. The van der Waals surface area contributed by atoms with Crippen LogP contribution in [0.3, 0.4) is 0 Å². The second-order valence-electron chi connectivity index (χ2n) is 5.91. The van der Waals surface area contributed by atoms with Crippen LogP contribution in [0.2, 0.25) is 10.0 Å². The molecular formula is C20H15Cl2N3O3S. The topological polar surface area (TPSA) is 72.7 Å². The molecule has 0 atom stereocenters. The van der Waals surface area contributed by atoms with Crippen molar-refractivity contribution in [2.75, 3.05) is 11.9 Å². The molecule has 2 aromatic carbocycles. The van der Waals surface area contributed by atoms with Gasteiger partial charge in [-0.15, -0.1) is 6.42 Å². The lowest BCUT2D eigenvalue weighted by molar-refractivity contribution is -0.120. The molecule has 2 amide bonds. The molecule has 0 saturated carbocycles. The summed E-state index contributed by atoms with van der Waals surface area (Å²) < 4.78 is 8.02. The van der Waals surface area contributed by atoms with E-state index in [1.807, 2.05) is 12.1 Å². The third-order valence-corrected chi connectivity index (χ3v) is 5.29. The van der Waals surface area contributed by atoms with E-state index in [1.165, 1.54) is 24.3 Å². The first kappa shape index (κ1) is 20.9. The van der Waals surface area contributed by atoms with Gasteiger partial charge < -0.3 is 14.6 Å². The van der Waals surface area contributed by atoms with Crippen molar-refractivity contribution in [3.05, 3.63) is 51.2 Å². The Bertz CT molecular complexity index is 1210. The fourth-order valence-electron chi connectivity index (χ4n) is 2.55. The highest BCUT2D eigenvalue weighted by Crippen LogP contribution is 2.27. The molecule has 1 aromatic heterocycles. The minimum Gasteiger partial charge on any atom is -0.482 e. The molecule has 148 valence electrons. The van der Waals surface area contributed by atoms with Crippen LogP contribution in [-0.2, 0) is 16.1 Å². The minimum atomic E-state index is -0.490. The standard InChI is InChI=1S/C20H15Cl2N3O3S/c1-3-8-25-16-6-5-14(23-12(2)26)10-18(16)29-20(25)24-19(27)11-28-17-7-4-13(21)9-15(17)22/h1,4-7,9-10H,8,11H2,2H3,(H,23,26). The quantitative estimate of drug-likeness (QED) is 0.598. The Balaban J connectivity index is 1.88. The maximum absolute atomic E-state index is 12.3. The third-order valence-electron chi connectivity index (χ3n) is 3.72. The molecule has 0 aliphatic heterocycles. The number of amides is 2. The lowest BCUT2D eigenvalue weighted by Crippen LogP contribution is -2.19. The van der Waals surface area contributed by atoms with Gasteiger partial charge in [0, 0.05) is 17.6 Å². The molecule has 0 fully saturated rings. The van der Waals surface area contributed by atoms with Crippen molar-refractivity contribution in [3.8, 4) is 18.1 Å². The summed E-state index contributed by atoms with van der Waals surface area (Å²) in [5.41, 5.74) is 1.47. The van der Waals surface area contributed by atoms with Crippen LogP contribution in [-0.4, -0.2) is 23.0 Å². The zero-order valence-electron chi connectivity index (χ0n) is 15.2. The molecule has 29 heavy (non-hydrogen) atoms. The van der Waals surface area contributed by atoms with Crippen LogP contribution in [0.5, 0.6) is 5.75 Å². The van der Waals surface area contributed by atoms with Gasteiger partial charge in [0.05, 0.1) is 21.8 Å². The number of nitrogens with one attached hydrogen (secondary N) is 1. The summed E-state index contributed by atoms with van der Waals surface area (Å²) in [7, 11) is 0. The van der Waals surface area contributed by atoms with Crippen molar-refractivity contribution >= 4 is 62.3 Å². The van der Waals surface area contributed by atoms with Crippen LogP contribution >= 0.6 is 34.5 Å². The van der Waals surface area contributed by atoms with Gasteiger partial charge in [-0.2, -0.15) is 4.99 Å². The number of terminal acetylenes is 1. The molecule has 0 aliphatic carbocycles. The predicted molar refractivity (Wildman–Crippen MR) is 115 cm³/mol. The number of thiazole rings is 1. The number of carbonyl (C=O) groups is 2. The van der Waals surface area contributed by atoms with Gasteiger partial charge in [0.25, 0.3) is 5.91 Å². The number of hydrogen-bond donors (Lipinski definition) is 1. The maximum Gasteiger partial charge on any atom is 0.286 e. The average molecular weight is 448 g/mol. The first-order chi connectivity index (χ1) is 13.9. The van der Waals surface area contributed by atoms with E-state index in [1.54, 1.807) is 22.8 Å². The fourth-order valence-corrected chi connectivity index (χ4v) is 4.10. The molecule has 0 unspecified atom stereocenters. The van der Waals surface area contributed by atoms with Crippen LogP contribution in [0.25, 0.3) is 10.2 Å². The van der Waals surface area contributed by atoms with Gasteiger partial charge in [-0.3, -0.25) is 9.59 Å². The monoisotopic (exact) mass is 447 g/mol. The van der Waals surface area contributed by atoms with Gasteiger partial charge in [0.1, 0.15) is 5.75 Å². The Kier molecular flexibility index (Phi) is 6.60.